The first-order valence-corrected chi connectivity index (χ1v) is 11.9. The lowest BCUT2D eigenvalue weighted by atomic mass is 9.88. The van der Waals surface area contributed by atoms with Gasteiger partial charge in [-0.15, -0.1) is 0 Å². The second-order valence-corrected chi connectivity index (χ2v) is 8.34. The number of amides is 1. The molecule has 0 fully saturated rings. The van der Waals surface area contributed by atoms with Gasteiger partial charge in [0.25, 0.3) is 0 Å². The molecule has 5 nitrogen and oxygen atoms in total. The Bertz CT molecular complexity index is 1150. The number of nitrogens with zero attached hydrogens (tertiary/aromatic N) is 1. The second kappa shape index (κ2) is 13.2. The average molecular weight is 471 g/mol. The number of nitrogens with one attached hydrogen (secondary N) is 1. The minimum Gasteiger partial charge on any atom is -0.508 e. The van der Waals surface area contributed by atoms with Crippen LogP contribution >= 0.6 is 0 Å². The minimum atomic E-state index is -0.0271. The van der Waals surface area contributed by atoms with Crippen LogP contribution in [0.2, 0.25) is 0 Å². The molecule has 0 saturated heterocycles. The van der Waals surface area contributed by atoms with E-state index >= 15 is 0 Å². The Balaban J connectivity index is 1.72. The van der Waals surface area contributed by atoms with Crippen LogP contribution in [0, 0.1) is 0 Å². The molecular weight excluding hydrogens is 436 g/mol. The van der Waals surface area contributed by atoms with E-state index in [9.17, 15) is 9.90 Å². The number of aromatic hydroxyl groups is 1. The van der Waals surface area contributed by atoms with E-state index in [1.165, 1.54) is 16.0 Å². The number of benzene rings is 3. The Morgan fingerprint density at radius 1 is 0.943 bits per heavy atom. The van der Waals surface area contributed by atoms with Crippen LogP contribution in [0.5, 0.6) is 11.5 Å². The van der Waals surface area contributed by atoms with E-state index in [2.05, 4.69) is 36.5 Å². The third kappa shape index (κ3) is 7.59. The summed E-state index contributed by atoms with van der Waals surface area (Å²) < 4.78 is 5.89. The highest BCUT2D eigenvalue weighted by Crippen LogP contribution is 2.35. The van der Waals surface area contributed by atoms with Gasteiger partial charge in [-0.2, -0.15) is 0 Å². The van der Waals surface area contributed by atoms with Crippen LogP contribution in [-0.2, 0) is 4.79 Å². The van der Waals surface area contributed by atoms with Crippen LogP contribution < -0.4 is 10.1 Å². The number of hydrogen-bond donors (Lipinski definition) is 2. The number of hydrogen-bond acceptors (Lipinski definition) is 4. The van der Waals surface area contributed by atoms with Crippen molar-refractivity contribution in [1.82, 2.24) is 10.2 Å². The fourth-order valence-corrected chi connectivity index (χ4v) is 3.79. The molecule has 35 heavy (non-hydrogen) atoms. The van der Waals surface area contributed by atoms with Gasteiger partial charge in [-0.05, 0) is 58.5 Å². The van der Waals surface area contributed by atoms with Crippen molar-refractivity contribution in [3.8, 4) is 11.5 Å². The molecule has 0 aliphatic rings. The van der Waals surface area contributed by atoms with Crippen LogP contribution in [0.1, 0.15) is 30.0 Å². The maximum absolute atomic E-state index is 11.5. The van der Waals surface area contributed by atoms with Gasteiger partial charge in [0.15, 0.2) is 0 Å². The number of phenolic OH excluding ortho intramolecular Hbond substituents is 1. The zero-order chi connectivity index (χ0) is 25.0. The van der Waals surface area contributed by atoms with E-state index in [1.807, 2.05) is 54.6 Å². The van der Waals surface area contributed by atoms with Crippen molar-refractivity contribution in [3.05, 3.63) is 108 Å². The Morgan fingerprint density at radius 2 is 1.66 bits per heavy atom. The molecule has 5 heteroatoms. The van der Waals surface area contributed by atoms with Crippen molar-refractivity contribution < 1.29 is 14.6 Å². The molecule has 2 N–H and O–H groups in total. The normalized spacial score (nSPS) is 11.9. The van der Waals surface area contributed by atoms with Crippen molar-refractivity contribution >= 4 is 17.1 Å². The van der Waals surface area contributed by atoms with Gasteiger partial charge in [0.1, 0.15) is 18.1 Å². The Hall–Kier alpha value is -3.83. The molecular formula is C30H34N2O3. The van der Waals surface area contributed by atoms with E-state index < -0.39 is 0 Å². The summed E-state index contributed by atoms with van der Waals surface area (Å²) in [4.78, 5) is 13.0. The average Bonchev–Trinajstić information content (AvgIpc) is 2.87. The summed E-state index contributed by atoms with van der Waals surface area (Å²) >= 11 is 0. The lowest BCUT2D eigenvalue weighted by molar-refractivity contribution is -0.123. The van der Waals surface area contributed by atoms with Gasteiger partial charge in [-0.25, -0.2) is 0 Å². The number of ether oxygens (including phenoxy) is 1. The fourth-order valence-electron chi connectivity index (χ4n) is 3.79. The molecule has 0 spiro atoms. The van der Waals surface area contributed by atoms with Crippen LogP contribution in [-0.4, -0.2) is 49.7 Å². The molecule has 182 valence electrons. The molecule has 0 aliphatic heterocycles. The number of carbonyl (C=O) groups is 1. The summed E-state index contributed by atoms with van der Waals surface area (Å²) in [6.07, 6.45) is 4.22. The summed E-state index contributed by atoms with van der Waals surface area (Å²) in [7, 11) is 3.46. The summed E-state index contributed by atoms with van der Waals surface area (Å²) in [6, 6.07) is 25.9. The lowest BCUT2D eigenvalue weighted by Gasteiger charge is -2.17. The van der Waals surface area contributed by atoms with Gasteiger partial charge >= 0.3 is 0 Å². The van der Waals surface area contributed by atoms with Crippen molar-refractivity contribution in [2.24, 2.45) is 0 Å². The third-order valence-electron chi connectivity index (χ3n) is 5.57. The van der Waals surface area contributed by atoms with Crippen molar-refractivity contribution in [2.45, 2.75) is 13.3 Å². The second-order valence-electron chi connectivity index (χ2n) is 8.34. The van der Waals surface area contributed by atoms with E-state index in [1.54, 1.807) is 26.2 Å². The first-order valence-electron chi connectivity index (χ1n) is 11.9. The summed E-state index contributed by atoms with van der Waals surface area (Å²) in [5, 5.41) is 13.4. The minimum absolute atomic E-state index is 0.0271. The van der Waals surface area contributed by atoms with E-state index in [-0.39, 0.29) is 11.7 Å². The van der Waals surface area contributed by atoms with Gasteiger partial charge in [-0.1, -0.05) is 67.6 Å². The van der Waals surface area contributed by atoms with Crippen molar-refractivity contribution in [3.63, 3.8) is 0 Å². The van der Waals surface area contributed by atoms with E-state index in [4.69, 9.17) is 4.74 Å². The molecule has 1 amide bonds. The number of rotatable bonds is 11. The fraction of sp³-hybridized carbons (Fsp3) is 0.233. The molecule has 0 aliphatic carbocycles. The van der Waals surface area contributed by atoms with Gasteiger partial charge in [-0.3, -0.25) is 4.79 Å². The SMILES string of the molecule is CCC(=C(c1ccc(OCCNCC=CC(=O)N(C)C)cc1)c1cccc(O)c1)c1ccccc1. The smallest absolute Gasteiger partial charge is 0.245 e. The van der Waals surface area contributed by atoms with Crippen LogP contribution in [0.3, 0.4) is 0 Å². The third-order valence-corrected chi connectivity index (χ3v) is 5.57. The molecule has 0 aromatic heterocycles. The summed E-state index contributed by atoms with van der Waals surface area (Å²) in [5.41, 5.74) is 5.53. The van der Waals surface area contributed by atoms with Gasteiger partial charge < -0.3 is 20.1 Å². The van der Waals surface area contributed by atoms with Crippen LogP contribution in [0.25, 0.3) is 11.1 Å². The molecule has 0 unspecified atom stereocenters. The number of phenols is 1. The van der Waals surface area contributed by atoms with Crippen molar-refractivity contribution in [1.29, 1.82) is 0 Å². The molecule has 0 bridgehead atoms. The maximum atomic E-state index is 11.5. The Morgan fingerprint density at radius 3 is 2.31 bits per heavy atom. The topological polar surface area (TPSA) is 61.8 Å². The molecule has 3 aromatic carbocycles. The largest absolute Gasteiger partial charge is 0.508 e. The highest BCUT2D eigenvalue weighted by atomic mass is 16.5. The molecule has 3 rings (SSSR count). The molecule has 0 saturated carbocycles. The highest BCUT2D eigenvalue weighted by Gasteiger charge is 2.13. The molecule has 0 atom stereocenters. The number of carbonyl (C=O) groups excluding carboxylic acids is 1. The zero-order valence-corrected chi connectivity index (χ0v) is 20.7. The summed E-state index contributed by atoms with van der Waals surface area (Å²) in [6.45, 7) is 3.96. The van der Waals surface area contributed by atoms with E-state index in [0.717, 1.165) is 28.9 Å². The number of allylic oxidation sites excluding steroid dienone is 1. The molecule has 0 heterocycles. The van der Waals surface area contributed by atoms with Gasteiger partial charge in [0, 0.05) is 33.3 Å². The van der Waals surface area contributed by atoms with Crippen LogP contribution in [0.4, 0.5) is 0 Å². The quantitative estimate of drug-likeness (QED) is 0.225. The molecule has 3 aromatic rings. The Kier molecular flexibility index (Phi) is 9.69. The van der Waals surface area contributed by atoms with Crippen LogP contribution in [0.15, 0.2) is 91.0 Å². The predicted molar refractivity (Wildman–Crippen MR) is 143 cm³/mol. The van der Waals surface area contributed by atoms with Gasteiger partial charge in [0.05, 0.1) is 0 Å². The standard InChI is InChI=1S/C30H34N2O3/c1-4-28(23-10-6-5-7-11-23)30(25-12-8-13-26(33)22-25)24-15-17-27(18-16-24)35-21-20-31-19-9-14-29(34)32(2)3/h5-18,22,31,33H,4,19-21H2,1-3H3. The zero-order valence-electron chi connectivity index (χ0n) is 20.7. The highest BCUT2D eigenvalue weighted by molar-refractivity contribution is 5.98. The summed E-state index contributed by atoms with van der Waals surface area (Å²) in [5.74, 6) is 1.01. The monoisotopic (exact) mass is 470 g/mol. The van der Waals surface area contributed by atoms with E-state index in [0.29, 0.717) is 19.7 Å². The molecule has 0 radical (unpaired) electrons. The maximum Gasteiger partial charge on any atom is 0.245 e. The van der Waals surface area contributed by atoms with Crippen molar-refractivity contribution in [2.75, 3.05) is 33.8 Å². The number of likely N-dealkylation sites (N-methyl/N-ethyl adjacent to an activating group) is 1. The van der Waals surface area contributed by atoms with Gasteiger partial charge in [0.2, 0.25) is 5.91 Å². The Labute approximate surface area is 208 Å². The first kappa shape index (κ1) is 25.8. The lowest BCUT2D eigenvalue weighted by Crippen LogP contribution is -2.22. The predicted octanol–water partition coefficient (Wildman–Crippen LogP) is 5.37. The first-order chi connectivity index (χ1) is 17.0.